The van der Waals surface area contributed by atoms with E-state index in [0.717, 1.165) is 18.9 Å². The van der Waals surface area contributed by atoms with Crippen LogP contribution in [-0.4, -0.2) is 6.18 Å². The third kappa shape index (κ3) is 12.4. The molecule has 1 unspecified atom stereocenters. The lowest BCUT2D eigenvalue weighted by Gasteiger charge is -2.13. The first-order chi connectivity index (χ1) is 10.0. The van der Waals surface area contributed by atoms with Crippen molar-refractivity contribution < 1.29 is 17.6 Å². The van der Waals surface area contributed by atoms with Crippen LogP contribution in [0.2, 0.25) is 0 Å². The topological polar surface area (TPSA) is 0 Å². The summed E-state index contributed by atoms with van der Waals surface area (Å²) in [7, 11) is 0. The van der Waals surface area contributed by atoms with Gasteiger partial charge in [-0.2, -0.15) is 13.2 Å². The predicted octanol–water partition coefficient (Wildman–Crippen LogP) is 7.17. The lowest BCUT2D eigenvalue weighted by atomic mass is 9.93. The molecule has 0 aromatic heterocycles. The number of rotatable bonds is 7. The molecule has 0 fully saturated rings. The summed E-state index contributed by atoms with van der Waals surface area (Å²) in [4.78, 5) is 0. The highest BCUT2D eigenvalue weighted by atomic mass is 19.4. The number of hydrogen-bond acceptors (Lipinski definition) is 0. The van der Waals surface area contributed by atoms with Gasteiger partial charge >= 0.3 is 6.18 Å². The zero-order valence-electron chi connectivity index (χ0n) is 14.2. The van der Waals surface area contributed by atoms with Crippen LogP contribution in [0.1, 0.15) is 47.5 Å². The van der Waals surface area contributed by atoms with Crippen LogP contribution in [0.4, 0.5) is 17.6 Å². The quantitative estimate of drug-likeness (QED) is 0.344. The number of halogens is 4. The highest BCUT2D eigenvalue weighted by Crippen LogP contribution is 2.24. The first-order valence-electron chi connectivity index (χ1n) is 7.54. The Hall–Kier alpha value is -1.32. The average Bonchev–Trinajstić information content (AvgIpc) is 2.43. The van der Waals surface area contributed by atoms with Gasteiger partial charge in [-0.3, -0.25) is 0 Å². The van der Waals surface area contributed by atoms with Crippen molar-refractivity contribution in [1.82, 2.24) is 0 Å². The van der Waals surface area contributed by atoms with E-state index in [4.69, 9.17) is 0 Å². The Kier molecular flexibility index (Phi) is 11.8. The van der Waals surface area contributed by atoms with E-state index in [-0.39, 0.29) is 17.6 Å². The normalized spacial score (nSPS) is 13.8. The molecular formula is C18H28F4. The van der Waals surface area contributed by atoms with Gasteiger partial charge in [0.1, 0.15) is 5.83 Å². The second kappa shape index (κ2) is 11.3. The standard InChI is InChI=1S/C16H22F4.C2H6/c1-11(2)6-7-12(3)14(5)10-15(17)13(4)8-9-16(18,19)20;1-2/h8-12H,4-7H2,1-3H3;1-2H3/b9-8?,15-10+;. The molecule has 0 saturated heterocycles. The molecule has 4 heteroatoms. The molecule has 0 aliphatic rings. The molecule has 22 heavy (non-hydrogen) atoms. The van der Waals surface area contributed by atoms with Gasteiger partial charge in [0.25, 0.3) is 0 Å². The molecule has 0 heterocycles. The van der Waals surface area contributed by atoms with Crippen LogP contribution in [-0.2, 0) is 0 Å². The van der Waals surface area contributed by atoms with Crippen LogP contribution in [0.15, 0.2) is 48.4 Å². The second-order valence-electron chi connectivity index (χ2n) is 5.34. The molecule has 0 bridgehead atoms. The summed E-state index contributed by atoms with van der Waals surface area (Å²) in [6.07, 6.45) is -0.861. The van der Waals surface area contributed by atoms with Crippen molar-refractivity contribution in [2.75, 3.05) is 0 Å². The van der Waals surface area contributed by atoms with E-state index in [2.05, 4.69) is 27.0 Å². The minimum absolute atomic E-state index is 0.0340. The average molecular weight is 320 g/mol. The molecule has 1 atom stereocenters. The third-order valence-electron chi connectivity index (χ3n) is 2.90. The zero-order valence-corrected chi connectivity index (χ0v) is 14.2. The zero-order chi connectivity index (χ0) is 17.9. The maximum absolute atomic E-state index is 13.7. The van der Waals surface area contributed by atoms with E-state index >= 15 is 0 Å². The second-order valence-corrected chi connectivity index (χ2v) is 5.34. The van der Waals surface area contributed by atoms with E-state index in [1.54, 1.807) is 0 Å². The van der Waals surface area contributed by atoms with Gasteiger partial charge in [-0.1, -0.05) is 54.2 Å². The number of hydrogen-bond donors (Lipinski definition) is 0. The minimum Gasteiger partial charge on any atom is -0.206 e. The Bertz CT molecular complexity index is 398. The lowest BCUT2D eigenvalue weighted by Crippen LogP contribution is -2.01. The molecular weight excluding hydrogens is 292 g/mol. The minimum atomic E-state index is -4.47. The lowest BCUT2D eigenvalue weighted by molar-refractivity contribution is -0.0798. The molecule has 0 radical (unpaired) electrons. The molecule has 0 aliphatic heterocycles. The largest absolute Gasteiger partial charge is 0.409 e. The Balaban J connectivity index is 0. The van der Waals surface area contributed by atoms with Crippen molar-refractivity contribution in [1.29, 1.82) is 0 Å². The molecule has 0 aromatic carbocycles. The van der Waals surface area contributed by atoms with Gasteiger partial charge in [-0.05, 0) is 36.0 Å². The summed E-state index contributed by atoms with van der Waals surface area (Å²) in [6.45, 7) is 17.1. The SMILES string of the molecule is C=C(C=CC(F)(F)F)/C(F)=C\C(=C)C(C)CCC(C)C.CC. The van der Waals surface area contributed by atoms with Crippen molar-refractivity contribution >= 4 is 0 Å². The van der Waals surface area contributed by atoms with Gasteiger partial charge < -0.3 is 0 Å². The van der Waals surface area contributed by atoms with Gasteiger partial charge in [-0.15, -0.1) is 0 Å². The molecule has 0 nitrogen and oxygen atoms in total. The van der Waals surface area contributed by atoms with E-state index in [9.17, 15) is 17.6 Å². The third-order valence-corrected chi connectivity index (χ3v) is 2.90. The Morgan fingerprint density at radius 1 is 1.05 bits per heavy atom. The van der Waals surface area contributed by atoms with Crippen LogP contribution in [0.5, 0.6) is 0 Å². The molecule has 0 rings (SSSR count). The molecule has 0 amide bonds. The Labute approximate surface area is 132 Å². The predicted molar refractivity (Wildman–Crippen MR) is 87.3 cm³/mol. The smallest absolute Gasteiger partial charge is 0.206 e. The fourth-order valence-electron chi connectivity index (χ4n) is 1.44. The molecule has 0 aliphatic carbocycles. The van der Waals surface area contributed by atoms with Gasteiger partial charge in [-0.25, -0.2) is 4.39 Å². The van der Waals surface area contributed by atoms with Crippen LogP contribution < -0.4 is 0 Å². The monoisotopic (exact) mass is 320 g/mol. The highest BCUT2D eigenvalue weighted by Gasteiger charge is 2.22. The molecule has 128 valence electrons. The van der Waals surface area contributed by atoms with Crippen molar-refractivity contribution in [3.63, 3.8) is 0 Å². The van der Waals surface area contributed by atoms with Gasteiger partial charge in [0, 0.05) is 11.6 Å². The van der Waals surface area contributed by atoms with Gasteiger partial charge in [0.15, 0.2) is 0 Å². The fourth-order valence-corrected chi connectivity index (χ4v) is 1.44. The van der Waals surface area contributed by atoms with Gasteiger partial charge in [0.05, 0.1) is 0 Å². The molecule has 0 aromatic rings. The summed E-state index contributed by atoms with van der Waals surface area (Å²) in [5.74, 6) is -0.154. The molecule has 0 spiro atoms. The Morgan fingerprint density at radius 2 is 1.55 bits per heavy atom. The molecule has 0 saturated carbocycles. The van der Waals surface area contributed by atoms with E-state index in [0.29, 0.717) is 17.6 Å². The summed E-state index contributed by atoms with van der Waals surface area (Å²) in [6, 6.07) is 0. The van der Waals surface area contributed by atoms with Crippen molar-refractivity contribution in [3.8, 4) is 0 Å². The Morgan fingerprint density at radius 3 is 1.95 bits per heavy atom. The summed E-state index contributed by atoms with van der Waals surface area (Å²) >= 11 is 0. The molecule has 0 N–H and O–H groups in total. The van der Waals surface area contributed by atoms with Crippen LogP contribution in [0.3, 0.4) is 0 Å². The number of alkyl halides is 3. The summed E-state index contributed by atoms with van der Waals surface area (Å²) < 4.78 is 49.5. The van der Waals surface area contributed by atoms with Crippen LogP contribution in [0, 0.1) is 11.8 Å². The first-order valence-corrected chi connectivity index (χ1v) is 7.54. The summed E-state index contributed by atoms with van der Waals surface area (Å²) in [5, 5.41) is 0. The first kappa shape index (κ1) is 23.0. The van der Waals surface area contributed by atoms with E-state index in [1.165, 1.54) is 0 Å². The van der Waals surface area contributed by atoms with Gasteiger partial charge in [0.2, 0.25) is 0 Å². The van der Waals surface area contributed by atoms with Crippen LogP contribution in [0.25, 0.3) is 0 Å². The maximum atomic E-state index is 13.7. The van der Waals surface area contributed by atoms with Crippen molar-refractivity contribution in [3.05, 3.63) is 48.4 Å². The van der Waals surface area contributed by atoms with Crippen LogP contribution >= 0.6 is 0 Å². The fraction of sp³-hybridized carbons (Fsp3) is 0.556. The van der Waals surface area contributed by atoms with E-state index < -0.39 is 12.0 Å². The van der Waals surface area contributed by atoms with E-state index in [1.807, 2.05) is 20.8 Å². The highest BCUT2D eigenvalue weighted by molar-refractivity contribution is 5.37. The number of allylic oxidation sites excluding steroid dienone is 6. The maximum Gasteiger partial charge on any atom is 0.409 e. The van der Waals surface area contributed by atoms with Crippen molar-refractivity contribution in [2.24, 2.45) is 11.8 Å². The summed E-state index contributed by atoms with van der Waals surface area (Å²) in [5.41, 5.74) is 0.254. The van der Waals surface area contributed by atoms with Crippen molar-refractivity contribution in [2.45, 2.75) is 53.6 Å².